The molecule has 1 heterocycles. The maximum Gasteiger partial charge on any atom is 0.336 e. The Balaban J connectivity index is 2.20. The standard InChI is InChI=1S/C22H23NO3/c1-5-26-22(25)20-14(3)23-13(2)19(15(4)24)21(20)18-11-10-16-8-6-7-9-17(16)12-18/h6-12,19,21H,5H2,1-4H3. The van der Waals surface area contributed by atoms with Crippen LogP contribution in [0.25, 0.3) is 10.8 Å². The van der Waals surface area contributed by atoms with E-state index >= 15 is 0 Å². The molecule has 0 aliphatic carbocycles. The van der Waals surface area contributed by atoms with Crippen molar-refractivity contribution in [2.24, 2.45) is 10.9 Å². The Hall–Kier alpha value is -2.75. The van der Waals surface area contributed by atoms with E-state index in [2.05, 4.69) is 11.1 Å². The third kappa shape index (κ3) is 3.19. The van der Waals surface area contributed by atoms with Crippen LogP contribution < -0.4 is 0 Å². The van der Waals surface area contributed by atoms with E-state index in [1.54, 1.807) is 20.8 Å². The lowest BCUT2D eigenvalue weighted by Crippen LogP contribution is -2.34. The Bertz CT molecular complexity index is 939. The van der Waals surface area contributed by atoms with Gasteiger partial charge in [-0.25, -0.2) is 4.79 Å². The first kappa shape index (κ1) is 18.1. The summed E-state index contributed by atoms with van der Waals surface area (Å²) in [4.78, 5) is 29.6. The number of esters is 1. The number of fused-ring (bicyclic) bond motifs is 1. The quantitative estimate of drug-likeness (QED) is 0.767. The molecule has 2 unspecified atom stereocenters. The van der Waals surface area contributed by atoms with Crippen LogP contribution >= 0.6 is 0 Å². The third-order valence-corrected chi connectivity index (χ3v) is 4.89. The molecule has 4 heteroatoms. The molecule has 0 fully saturated rings. The molecular weight excluding hydrogens is 326 g/mol. The number of ether oxygens (including phenoxy) is 1. The maximum atomic E-state index is 12.7. The molecule has 0 N–H and O–H groups in total. The van der Waals surface area contributed by atoms with Gasteiger partial charge in [0.25, 0.3) is 0 Å². The summed E-state index contributed by atoms with van der Waals surface area (Å²) < 4.78 is 5.28. The van der Waals surface area contributed by atoms with Crippen LogP contribution in [0.4, 0.5) is 0 Å². The molecule has 134 valence electrons. The van der Waals surface area contributed by atoms with Gasteiger partial charge in [-0.1, -0.05) is 42.5 Å². The van der Waals surface area contributed by atoms with E-state index in [1.165, 1.54) is 0 Å². The Kier molecular flexibility index (Phi) is 5.03. The molecule has 2 aromatic rings. The summed E-state index contributed by atoms with van der Waals surface area (Å²) in [6, 6.07) is 14.1. The van der Waals surface area contributed by atoms with Crippen molar-refractivity contribution in [2.45, 2.75) is 33.6 Å². The highest BCUT2D eigenvalue weighted by atomic mass is 16.5. The molecular formula is C22H23NO3. The van der Waals surface area contributed by atoms with Crippen molar-refractivity contribution in [1.82, 2.24) is 0 Å². The van der Waals surface area contributed by atoms with Crippen molar-refractivity contribution in [2.75, 3.05) is 6.61 Å². The molecule has 26 heavy (non-hydrogen) atoms. The molecule has 1 aliphatic heterocycles. The van der Waals surface area contributed by atoms with Gasteiger partial charge in [-0.15, -0.1) is 0 Å². The minimum Gasteiger partial charge on any atom is -0.463 e. The highest BCUT2D eigenvalue weighted by Gasteiger charge is 2.39. The highest BCUT2D eigenvalue weighted by molar-refractivity contribution is 6.08. The minimum absolute atomic E-state index is 0.00120. The molecule has 0 spiro atoms. The number of Topliss-reactive ketones (excluding diaryl/α,β-unsaturated/α-hetero) is 1. The third-order valence-electron chi connectivity index (χ3n) is 4.89. The minimum atomic E-state index is -0.459. The number of carbonyl (C=O) groups excluding carboxylic acids is 2. The van der Waals surface area contributed by atoms with Gasteiger partial charge in [0.15, 0.2) is 0 Å². The largest absolute Gasteiger partial charge is 0.463 e. The van der Waals surface area contributed by atoms with Crippen LogP contribution in [0.2, 0.25) is 0 Å². The van der Waals surface area contributed by atoms with Gasteiger partial charge in [-0.3, -0.25) is 9.79 Å². The Morgan fingerprint density at radius 1 is 1.08 bits per heavy atom. The Labute approximate surface area is 153 Å². The normalized spacial score (nSPS) is 20.1. The molecule has 4 nitrogen and oxygen atoms in total. The average Bonchev–Trinajstić information content (AvgIpc) is 2.60. The molecule has 0 aromatic heterocycles. The summed E-state index contributed by atoms with van der Waals surface area (Å²) in [5.41, 5.74) is 2.77. The summed E-state index contributed by atoms with van der Waals surface area (Å²) in [7, 11) is 0. The zero-order valence-electron chi connectivity index (χ0n) is 15.6. The van der Waals surface area contributed by atoms with Crippen molar-refractivity contribution < 1.29 is 14.3 Å². The number of allylic oxidation sites excluding steroid dienone is 1. The average molecular weight is 349 g/mol. The van der Waals surface area contributed by atoms with Crippen molar-refractivity contribution in [1.29, 1.82) is 0 Å². The summed E-state index contributed by atoms with van der Waals surface area (Å²) in [6.45, 7) is 7.28. The van der Waals surface area contributed by atoms with Gasteiger partial charge in [0.2, 0.25) is 0 Å². The number of hydrogen-bond donors (Lipinski definition) is 0. The lowest BCUT2D eigenvalue weighted by molar-refractivity contribution is -0.139. The molecule has 3 rings (SSSR count). The summed E-state index contributed by atoms with van der Waals surface area (Å²) >= 11 is 0. The fourth-order valence-electron chi connectivity index (χ4n) is 3.80. The molecule has 0 radical (unpaired) electrons. The van der Waals surface area contributed by atoms with E-state index in [0.29, 0.717) is 11.3 Å². The predicted octanol–water partition coefficient (Wildman–Crippen LogP) is 4.44. The Morgan fingerprint density at radius 3 is 2.42 bits per heavy atom. The molecule has 0 bridgehead atoms. The zero-order chi connectivity index (χ0) is 18.8. The number of benzene rings is 2. The van der Waals surface area contributed by atoms with Gasteiger partial charge < -0.3 is 4.74 Å². The van der Waals surface area contributed by atoms with Crippen LogP contribution in [0.15, 0.2) is 58.7 Å². The van der Waals surface area contributed by atoms with Crippen molar-refractivity contribution >= 4 is 28.2 Å². The van der Waals surface area contributed by atoms with E-state index < -0.39 is 11.9 Å². The van der Waals surface area contributed by atoms with E-state index in [4.69, 9.17) is 4.74 Å². The second-order valence-electron chi connectivity index (χ2n) is 6.65. The van der Waals surface area contributed by atoms with Gasteiger partial charge in [-0.05, 0) is 44.0 Å². The van der Waals surface area contributed by atoms with Crippen LogP contribution in [-0.2, 0) is 14.3 Å². The number of rotatable bonds is 4. The SMILES string of the molecule is CCOC(=O)C1=C(C)N=C(C)C(C(C)=O)C1c1ccc2ccccc2c1. The molecule has 2 aromatic carbocycles. The first-order valence-electron chi connectivity index (χ1n) is 8.86. The number of carbonyl (C=O) groups is 2. The number of hydrogen-bond acceptors (Lipinski definition) is 4. The van der Waals surface area contributed by atoms with Crippen LogP contribution in [-0.4, -0.2) is 24.1 Å². The van der Waals surface area contributed by atoms with E-state index in [9.17, 15) is 9.59 Å². The van der Waals surface area contributed by atoms with E-state index in [-0.39, 0.29) is 18.3 Å². The van der Waals surface area contributed by atoms with Crippen LogP contribution in [0.5, 0.6) is 0 Å². The lowest BCUT2D eigenvalue weighted by Gasteiger charge is -2.31. The summed E-state index contributed by atoms with van der Waals surface area (Å²) in [5.74, 6) is -1.24. The topological polar surface area (TPSA) is 55.7 Å². The molecule has 2 atom stereocenters. The summed E-state index contributed by atoms with van der Waals surface area (Å²) in [5, 5.41) is 2.20. The predicted molar refractivity (Wildman–Crippen MR) is 103 cm³/mol. The van der Waals surface area contributed by atoms with Gasteiger partial charge >= 0.3 is 5.97 Å². The van der Waals surface area contributed by atoms with Crippen LogP contribution in [0.1, 0.15) is 39.2 Å². The smallest absolute Gasteiger partial charge is 0.336 e. The first-order valence-corrected chi connectivity index (χ1v) is 8.86. The van der Waals surface area contributed by atoms with E-state index in [0.717, 1.165) is 22.0 Å². The fraction of sp³-hybridized carbons (Fsp3) is 0.318. The Morgan fingerprint density at radius 2 is 1.77 bits per heavy atom. The van der Waals surface area contributed by atoms with Gasteiger partial charge in [-0.2, -0.15) is 0 Å². The van der Waals surface area contributed by atoms with Gasteiger partial charge in [0.05, 0.1) is 18.1 Å². The maximum absolute atomic E-state index is 12.7. The van der Waals surface area contributed by atoms with Gasteiger partial charge in [0.1, 0.15) is 5.78 Å². The zero-order valence-corrected chi connectivity index (χ0v) is 15.6. The first-order chi connectivity index (χ1) is 12.4. The monoisotopic (exact) mass is 349 g/mol. The van der Waals surface area contributed by atoms with Gasteiger partial charge in [0, 0.05) is 17.3 Å². The van der Waals surface area contributed by atoms with Crippen molar-refractivity contribution in [3.63, 3.8) is 0 Å². The lowest BCUT2D eigenvalue weighted by atomic mass is 9.73. The van der Waals surface area contributed by atoms with E-state index in [1.807, 2.05) is 43.3 Å². The number of ketones is 1. The fourth-order valence-corrected chi connectivity index (χ4v) is 3.80. The molecule has 0 saturated heterocycles. The molecule has 0 amide bonds. The second-order valence-corrected chi connectivity index (χ2v) is 6.65. The number of aliphatic imine (C=N–C) groups is 1. The summed E-state index contributed by atoms with van der Waals surface area (Å²) in [6.07, 6.45) is 0. The van der Waals surface area contributed by atoms with Crippen molar-refractivity contribution in [3.8, 4) is 0 Å². The number of nitrogens with zero attached hydrogens (tertiary/aromatic N) is 1. The molecule has 1 aliphatic rings. The van der Waals surface area contributed by atoms with Crippen molar-refractivity contribution in [3.05, 3.63) is 59.3 Å². The second kappa shape index (κ2) is 7.24. The van der Waals surface area contributed by atoms with Crippen LogP contribution in [0, 0.1) is 5.92 Å². The molecule has 0 saturated carbocycles. The van der Waals surface area contributed by atoms with Crippen LogP contribution in [0.3, 0.4) is 0 Å². The highest BCUT2D eigenvalue weighted by Crippen LogP contribution is 2.40.